The van der Waals surface area contributed by atoms with E-state index in [0.717, 1.165) is 17.5 Å². The highest BCUT2D eigenvalue weighted by Gasteiger charge is 2.34. The monoisotopic (exact) mass is 312 g/mol. The first-order valence-corrected chi connectivity index (χ1v) is 7.63. The molecule has 7 heteroatoms. The van der Waals surface area contributed by atoms with Gasteiger partial charge in [-0.05, 0) is 25.0 Å². The first-order chi connectivity index (χ1) is 11.1. The standard InChI is InChI=1S/C16H16N4O3/c21-15(18-10-6-3-4-9(10)16(22)23)12-8-14-17-11-5-1-2-7-13(11)20(14)19-12/h1-2,5,7-10,19H,3-4,6H2,(H,18,21)(H,22,23)/t9-,10+/m0/s1. The molecular formula is C16H16N4O3. The van der Waals surface area contributed by atoms with Crippen molar-refractivity contribution in [2.75, 3.05) is 0 Å². The fourth-order valence-electron chi connectivity index (χ4n) is 3.33. The molecule has 0 aliphatic heterocycles. The molecule has 1 amide bonds. The Kier molecular flexibility index (Phi) is 3.07. The van der Waals surface area contributed by atoms with E-state index in [4.69, 9.17) is 0 Å². The van der Waals surface area contributed by atoms with Crippen LogP contribution in [0.2, 0.25) is 0 Å². The van der Waals surface area contributed by atoms with Crippen LogP contribution in [0.15, 0.2) is 30.3 Å². The molecule has 0 radical (unpaired) electrons. The van der Waals surface area contributed by atoms with Gasteiger partial charge in [-0.2, -0.15) is 0 Å². The number of aromatic nitrogens is 3. The fraction of sp³-hybridized carbons (Fsp3) is 0.312. The second kappa shape index (κ2) is 5.12. The van der Waals surface area contributed by atoms with Gasteiger partial charge >= 0.3 is 5.97 Å². The molecule has 2 aromatic heterocycles. The molecule has 118 valence electrons. The summed E-state index contributed by atoms with van der Waals surface area (Å²) in [7, 11) is 0. The van der Waals surface area contributed by atoms with Crippen LogP contribution in [0.4, 0.5) is 0 Å². The highest BCUT2D eigenvalue weighted by Crippen LogP contribution is 2.26. The molecule has 0 saturated heterocycles. The van der Waals surface area contributed by atoms with Gasteiger partial charge in [-0.1, -0.05) is 18.6 Å². The van der Waals surface area contributed by atoms with E-state index in [1.165, 1.54) is 0 Å². The van der Waals surface area contributed by atoms with E-state index >= 15 is 0 Å². The summed E-state index contributed by atoms with van der Waals surface area (Å²) >= 11 is 0. The molecule has 1 saturated carbocycles. The molecule has 2 heterocycles. The number of imidazole rings is 1. The molecule has 1 aliphatic rings. The maximum Gasteiger partial charge on any atom is 0.308 e. The third-order valence-electron chi connectivity index (χ3n) is 4.49. The minimum atomic E-state index is -0.847. The molecule has 0 spiro atoms. The first kappa shape index (κ1) is 13.8. The van der Waals surface area contributed by atoms with E-state index in [1.807, 2.05) is 24.3 Å². The van der Waals surface area contributed by atoms with Gasteiger partial charge in [0.25, 0.3) is 5.91 Å². The Balaban J connectivity index is 1.61. The fourth-order valence-corrected chi connectivity index (χ4v) is 3.33. The number of hydrogen-bond acceptors (Lipinski definition) is 3. The Bertz CT molecular complexity index is 910. The molecule has 1 aromatic carbocycles. The average Bonchev–Trinajstić information content (AvgIpc) is 3.20. The number of nitrogens with zero attached hydrogens (tertiary/aromatic N) is 2. The Morgan fingerprint density at radius 3 is 2.96 bits per heavy atom. The highest BCUT2D eigenvalue weighted by molar-refractivity contribution is 5.95. The van der Waals surface area contributed by atoms with Crippen LogP contribution in [0.25, 0.3) is 16.7 Å². The van der Waals surface area contributed by atoms with Gasteiger partial charge in [0.1, 0.15) is 5.69 Å². The van der Waals surface area contributed by atoms with Crippen molar-refractivity contribution in [3.05, 3.63) is 36.0 Å². The zero-order valence-electron chi connectivity index (χ0n) is 12.3. The van der Waals surface area contributed by atoms with Gasteiger partial charge in [0.2, 0.25) is 0 Å². The van der Waals surface area contributed by atoms with Crippen molar-refractivity contribution in [3.63, 3.8) is 0 Å². The van der Waals surface area contributed by atoms with Crippen LogP contribution in [0, 0.1) is 5.92 Å². The Hall–Kier alpha value is -2.83. The minimum Gasteiger partial charge on any atom is -0.481 e. The Morgan fingerprint density at radius 1 is 1.30 bits per heavy atom. The van der Waals surface area contributed by atoms with Gasteiger partial charge < -0.3 is 10.4 Å². The lowest BCUT2D eigenvalue weighted by atomic mass is 10.0. The van der Waals surface area contributed by atoms with E-state index in [2.05, 4.69) is 15.4 Å². The van der Waals surface area contributed by atoms with Crippen molar-refractivity contribution >= 4 is 28.6 Å². The number of para-hydroxylation sites is 2. The van der Waals surface area contributed by atoms with E-state index in [-0.39, 0.29) is 11.9 Å². The molecule has 1 fully saturated rings. The summed E-state index contributed by atoms with van der Waals surface area (Å²) in [6.45, 7) is 0. The van der Waals surface area contributed by atoms with Crippen molar-refractivity contribution < 1.29 is 14.7 Å². The van der Waals surface area contributed by atoms with Crippen molar-refractivity contribution in [2.45, 2.75) is 25.3 Å². The summed E-state index contributed by atoms with van der Waals surface area (Å²) in [6, 6.07) is 9.02. The van der Waals surface area contributed by atoms with Gasteiger partial charge in [-0.25, -0.2) is 9.50 Å². The number of benzene rings is 1. The van der Waals surface area contributed by atoms with Gasteiger partial charge in [0.05, 0.1) is 17.0 Å². The summed E-state index contributed by atoms with van der Waals surface area (Å²) < 4.78 is 1.76. The van der Waals surface area contributed by atoms with Crippen molar-refractivity contribution in [1.29, 1.82) is 0 Å². The number of carbonyl (C=O) groups excluding carboxylic acids is 1. The molecule has 4 rings (SSSR count). The van der Waals surface area contributed by atoms with Gasteiger partial charge in [0, 0.05) is 12.1 Å². The molecule has 23 heavy (non-hydrogen) atoms. The Labute approximate surface area is 131 Å². The lowest BCUT2D eigenvalue weighted by molar-refractivity contribution is -0.142. The molecule has 1 aliphatic carbocycles. The zero-order chi connectivity index (χ0) is 16.0. The predicted octanol–water partition coefficient (Wildman–Crippen LogP) is 1.80. The summed E-state index contributed by atoms with van der Waals surface area (Å²) in [4.78, 5) is 28.0. The number of fused-ring (bicyclic) bond motifs is 3. The van der Waals surface area contributed by atoms with Crippen LogP contribution < -0.4 is 5.32 Å². The number of carboxylic acid groups (broad SMARTS) is 1. The second-order valence-corrected chi connectivity index (χ2v) is 5.92. The quantitative estimate of drug-likeness (QED) is 0.686. The molecular weight excluding hydrogens is 296 g/mol. The number of carbonyl (C=O) groups is 2. The maximum atomic E-state index is 12.4. The molecule has 0 bridgehead atoms. The molecule has 3 aromatic rings. The minimum absolute atomic E-state index is 0.294. The van der Waals surface area contributed by atoms with Crippen molar-refractivity contribution in [1.82, 2.24) is 19.9 Å². The van der Waals surface area contributed by atoms with E-state index in [1.54, 1.807) is 10.6 Å². The van der Waals surface area contributed by atoms with Gasteiger partial charge in [0.15, 0.2) is 5.65 Å². The largest absolute Gasteiger partial charge is 0.481 e. The van der Waals surface area contributed by atoms with Crippen LogP contribution in [-0.4, -0.2) is 37.6 Å². The number of nitrogens with one attached hydrogen (secondary N) is 2. The number of H-pyrrole nitrogens is 1. The van der Waals surface area contributed by atoms with E-state index in [9.17, 15) is 14.7 Å². The molecule has 2 atom stereocenters. The third kappa shape index (κ3) is 2.25. The number of rotatable bonds is 3. The van der Waals surface area contributed by atoms with E-state index in [0.29, 0.717) is 24.2 Å². The number of carboxylic acids is 1. The van der Waals surface area contributed by atoms with Crippen LogP contribution >= 0.6 is 0 Å². The highest BCUT2D eigenvalue weighted by atomic mass is 16.4. The second-order valence-electron chi connectivity index (χ2n) is 5.92. The summed E-state index contributed by atoms with van der Waals surface area (Å²) in [6.07, 6.45) is 2.13. The van der Waals surface area contributed by atoms with Gasteiger partial charge in [-0.15, -0.1) is 0 Å². The maximum absolute atomic E-state index is 12.4. The third-order valence-corrected chi connectivity index (χ3v) is 4.49. The number of aromatic amines is 1. The van der Waals surface area contributed by atoms with Crippen LogP contribution in [0.3, 0.4) is 0 Å². The lowest BCUT2D eigenvalue weighted by Crippen LogP contribution is -2.40. The van der Waals surface area contributed by atoms with Crippen LogP contribution in [0.1, 0.15) is 29.8 Å². The zero-order valence-corrected chi connectivity index (χ0v) is 12.3. The van der Waals surface area contributed by atoms with Crippen molar-refractivity contribution in [2.24, 2.45) is 5.92 Å². The normalized spacial score (nSPS) is 21.0. The predicted molar refractivity (Wildman–Crippen MR) is 83.3 cm³/mol. The smallest absolute Gasteiger partial charge is 0.308 e. The molecule has 3 N–H and O–H groups in total. The molecule has 7 nitrogen and oxygen atoms in total. The van der Waals surface area contributed by atoms with Crippen LogP contribution in [-0.2, 0) is 4.79 Å². The summed E-state index contributed by atoms with van der Waals surface area (Å²) in [5.74, 6) is -1.64. The topological polar surface area (TPSA) is 99.5 Å². The van der Waals surface area contributed by atoms with Crippen LogP contribution in [0.5, 0.6) is 0 Å². The Morgan fingerprint density at radius 2 is 2.13 bits per heavy atom. The SMILES string of the molecule is O=C(N[C@@H]1CCC[C@@H]1C(=O)O)c1cc2nc3ccccc3n2[nH]1. The summed E-state index contributed by atoms with van der Waals surface area (Å²) in [5, 5.41) is 15.1. The number of amides is 1. The number of hydrogen-bond donors (Lipinski definition) is 3. The molecule has 0 unspecified atom stereocenters. The average molecular weight is 312 g/mol. The number of aliphatic carboxylic acids is 1. The summed E-state index contributed by atoms with van der Waals surface area (Å²) in [5.41, 5.74) is 2.80. The lowest BCUT2D eigenvalue weighted by Gasteiger charge is -2.16. The van der Waals surface area contributed by atoms with Gasteiger partial charge in [-0.3, -0.25) is 14.7 Å². The van der Waals surface area contributed by atoms with Crippen molar-refractivity contribution in [3.8, 4) is 0 Å². The van der Waals surface area contributed by atoms with E-state index < -0.39 is 11.9 Å². The first-order valence-electron chi connectivity index (χ1n) is 7.63.